The number of H-pyrrole nitrogens is 1. The van der Waals surface area contributed by atoms with Gasteiger partial charge in [-0.1, -0.05) is 0 Å². The number of nitrogens with zero attached hydrogens (tertiary/aromatic N) is 5. The Morgan fingerprint density at radius 2 is 1.73 bits per heavy atom. The van der Waals surface area contributed by atoms with Crippen LogP contribution in [0.3, 0.4) is 0 Å². The Balaban J connectivity index is 1.33. The molecular weight excluding hydrogens is 533 g/mol. The molecule has 4 heterocycles. The first-order valence-electron chi connectivity index (χ1n) is 14.3. The van der Waals surface area contributed by atoms with Gasteiger partial charge in [-0.15, -0.1) is 0 Å². The number of benzene rings is 1. The molecule has 41 heavy (non-hydrogen) atoms. The first-order valence-corrected chi connectivity index (χ1v) is 14.3. The zero-order valence-electron chi connectivity index (χ0n) is 23.2. The second-order valence-electron chi connectivity index (χ2n) is 11.5. The number of aromatic amines is 1. The van der Waals surface area contributed by atoms with E-state index in [2.05, 4.69) is 27.0 Å². The number of fused-ring (bicyclic) bond motifs is 3. The SMILES string of the molecule is CN1CCN(C2CCN(C(=O)C(=[NH2+])c3c(N)ccc4nc(-c5cn[nH]c5C(F)(F)F)c5c(c34)CCCC5)CC2)CC1. The summed E-state index contributed by atoms with van der Waals surface area (Å²) in [5.74, 6) is -0.260. The van der Waals surface area contributed by atoms with Crippen molar-refractivity contribution >= 4 is 28.2 Å². The van der Waals surface area contributed by atoms with Crippen molar-refractivity contribution in [2.75, 3.05) is 52.0 Å². The summed E-state index contributed by atoms with van der Waals surface area (Å²) in [6.07, 6.45) is 1.25. The predicted molar refractivity (Wildman–Crippen MR) is 150 cm³/mol. The Morgan fingerprint density at radius 3 is 2.41 bits per heavy atom. The van der Waals surface area contributed by atoms with Crippen molar-refractivity contribution in [1.29, 1.82) is 0 Å². The maximum absolute atomic E-state index is 13.8. The predicted octanol–water partition coefficient (Wildman–Crippen LogP) is 1.89. The summed E-state index contributed by atoms with van der Waals surface area (Å²) >= 11 is 0. The number of carbonyl (C=O) groups excluding carboxylic acids is 1. The lowest BCUT2D eigenvalue weighted by atomic mass is 9.84. The summed E-state index contributed by atoms with van der Waals surface area (Å²) in [7, 11) is 2.14. The number of likely N-dealkylation sites (N-methyl/N-ethyl adjacent to an activating group) is 1. The lowest BCUT2D eigenvalue weighted by Crippen LogP contribution is -2.56. The number of halogens is 3. The number of alkyl halides is 3. The van der Waals surface area contributed by atoms with Gasteiger partial charge in [0, 0.05) is 56.4 Å². The molecule has 1 aliphatic carbocycles. The molecule has 5 N–H and O–H groups in total. The van der Waals surface area contributed by atoms with Crippen molar-refractivity contribution in [3.05, 3.63) is 40.7 Å². The average Bonchev–Trinajstić information content (AvgIpc) is 3.47. The molecule has 9 nitrogen and oxygen atoms in total. The highest BCUT2D eigenvalue weighted by Gasteiger charge is 2.38. The Bertz CT molecular complexity index is 1480. The van der Waals surface area contributed by atoms with Crippen molar-refractivity contribution in [3.8, 4) is 11.3 Å². The summed E-state index contributed by atoms with van der Waals surface area (Å²) in [5.41, 5.74) is 8.64. The minimum Gasteiger partial charge on any atom is -0.398 e. The number of likely N-dealkylation sites (tertiary alicyclic amines) is 1. The molecular formula is C29H36F3N8O+. The highest BCUT2D eigenvalue weighted by molar-refractivity contribution is 6.46. The molecule has 218 valence electrons. The zero-order valence-corrected chi connectivity index (χ0v) is 23.2. The first kappa shape index (κ1) is 27.6. The molecule has 0 unspecified atom stereocenters. The third-order valence-corrected chi connectivity index (χ3v) is 8.99. The average molecular weight is 570 g/mol. The van der Waals surface area contributed by atoms with E-state index in [-0.39, 0.29) is 22.9 Å². The maximum atomic E-state index is 13.8. The fourth-order valence-corrected chi connectivity index (χ4v) is 6.73. The van der Waals surface area contributed by atoms with E-state index in [1.165, 1.54) is 6.20 Å². The minimum atomic E-state index is -4.60. The summed E-state index contributed by atoms with van der Waals surface area (Å²) in [6.45, 7) is 5.42. The van der Waals surface area contributed by atoms with Crippen LogP contribution >= 0.6 is 0 Å². The highest BCUT2D eigenvalue weighted by Crippen LogP contribution is 2.41. The molecule has 2 fully saturated rings. The number of nitrogens with one attached hydrogen (secondary N) is 1. The lowest BCUT2D eigenvalue weighted by molar-refractivity contribution is -0.143. The van der Waals surface area contributed by atoms with Gasteiger partial charge in [-0.3, -0.25) is 14.8 Å². The molecule has 0 spiro atoms. The summed E-state index contributed by atoms with van der Waals surface area (Å²) in [5, 5.41) is 13.1. The molecule has 2 aliphatic heterocycles. The van der Waals surface area contributed by atoms with E-state index in [1.54, 1.807) is 17.0 Å². The molecule has 3 aliphatic rings. The van der Waals surface area contributed by atoms with Crippen LogP contribution in [-0.2, 0) is 23.8 Å². The van der Waals surface area contributed by atoms with Gasteiger partial charge in [-0.05, 0) is 68.8 Å². The Hall–Kier alpha value is -3.51. The van der Waals surface area contributed by atoms with Crippen LogP contribution in [-0.4, -0.2) is 93.9 Å². The fraction of sp³-hybridized carbons (Fsp3) is 0.517. The normalized spacial score (nSPS) is 19.5. The molecule has 1 amide bonds. The molecule has 1 aromatic carbocycles. The molecule has 0 saturated carbocycles. The van der Waals surface area contributed by atoms with E-state index in [0.29, 0.717) is 54.1 Å². The van der Waals surface area contributed by atoms with Crippen LogP contribution in [0.4, 0.5) is 18.9 Å². The second kappa shape index (κ2) is 10.7. The Morgan fingerprint density at radius 1 is 1.05 bits per heavy atom. The standard InChI is InChI=1S/C29H35F3N8O/c1-38-12-14-39(15-13-38)17-8-10-40(11-9-17)28(41)25(34)24-21(33)6-7-22-23(24)18-4-2-3-5-19(18)26(36-22)20-16-35-37-27(20)29(30,31)32/h6-7,16-17,34H,2-5,8-15,33H2,1H3,(H,35,37)/p+1. The number of nitrogens with two attached hydrogens (primary N) is 2. The number of hydrogen-bond donors (Lipinski definition) is 3. The van der Waals surface area contributed by atoms with Crippen molar-refractivity contribution in [3.63, 3.8) is 0 Å². The van der Waals surface area contributed by atoms with Gasteiger partial charge in [0.25, 0.3) is 5.71 Å². The van der Waals surface area contributed by atoms with Crippen LogP contribution in [0, 0.1) is 0 Å². The van der Waals surface area contributed by atoms with Crippen molar-refractivity contribution in [2.45, 2.75) is 50.7 Å². The zero-order chi connectivity index (χ0) is 28.9. The van der Waals surface area contributed by atoms with Crippen LogP contribution in [0.5, 0.6) is 0 Å². The van der Waals surface area contributed by atoms with Gasteiger partial charge in [0.15, 0.2) is 0 Å². The minimum absolute atomic E-state index is 0.0627. The maximum Gasteiger partial charge on any atom is 0.433 e. The molecule has 2 aromatic heterocycles. The number of pyridine rings is 1. The van der Waals surface area contributed by atoms with Gasteiger partial charge >= 0.3 is 12.1 Å². The topological polar surface area (TPSA) is 120 Å². The van der Waals surface area contributed by atoms with Gasteiger partial charge in [-0.2, -0.15) is 18.3 Å². The molecule has 0 atom stereocenters. The van der Waals surface area contributed by atoms with Crippen LogP contribution < -0.4 is 11.1 Å². The molecule has 0 radical (unpaired) electrons. The largest absolute Gasteiger partial charge is 0.433 e. The number of aryl methyl sites for hydroxylation is 1. The fourth-order valence-electron chi connectivity index (χ4n) is 6.73. The summed E-state index contributed by atoms with van der Waals surface area (Å²) in [4.78, 5) is 25.1. The van der Waals surface area contributed by atoms with Crippen LogP contribution in [0.25, 0.3) is 22.2 Å². The third kappa shape index (κ3) is 5.07. The van der Waals surface area contributed by atoms with E-state index in [1.807, 2.05) is 0 Å². The van der Waals surface area contributed by atoms with E-state index in [0.717, 1.165) is 63.0 Å². The Kier molecular flexibility index (Phi) is 7.23. The number of rotatable bonds is 4. The molecule has 0 bridgehead atoms. The van der Waals surface area contributed by atoms with E-state index in [9.17, 15) is 18.0 Å². The van der Waals surface area contributed by atoms with Crippen LogP contribution in [0.1, 0.15) is 48.1 Å². The van der Waals surface area contributed by atoms with Gasteiger partial charge in [0.05, 0.1) is 28.5 Å². The third-order valence-electron chi connectivity index (χ3n) is 8.99. The smallest absolute Gasteiger partial charge is 0.398 e. The van der Waals surface area contributed by atoms with Crippen LogP contribution in [0.15, 0.2) is 18.3 Å². The van der Waals surface area contributed by atoms with Gasteiger partial charge in [0.2, 0.25) is 0 Å². The number of hydrogen-bond acceptors (Lipinski definition) is 6. The van der Waals surface area contributed by atoms with Crippen molar-refractivity contribution in [1.82, 2.24) is 29.9 Å². The number of piperidine rings is 1. The quantitative estimate of drug-likeness (QED) is 0.326. The monoisotopic (exact) mass is 569 g/mol. The van der Waals surface area contributed by atoms with Crippen molar-refractivity contribution in [2.24, 2.45) is 0 Å². The number of amides is 1. The van der Waals surface area contributed by atoms with Gasteiger partial charge < -0.3 is 15.5 Å². The van der Waals surface area contributed by atoms with Gasteiger partial charge in [-0.25, -0.2) is 10.4 Å². The highest BCUT2D eigenvalue weighted by atomic mass is 19.4. The Labute approximate surface area is 236 Å². The second-order valence-corrected chi connectivity index (χ2v) is 11.5. The summed E-state index contributed by atoms with van der Waals surface area (Å²) < 4.78 is 41.3. The number of nitrogen functional groups attached to an aromatic ring is 1. The summed E-state index contributed by atoms with van der Waals surface area (Å²) in [6, 6.07) is 3.78. The molecule has 6 rings (SSSR count). The van der Waals surface area contributed by atoms with Crippen LogP contribution in [0.2, 0.25) is 0 Å². The van der Waals surface area contributed by atoms with E-state index in [4.69, 9.17) is 16.1 Å². The van der Waals surface area contributed by atoms with Crippen molar-refractivity contribution < 1.29 is 23.4 Å². The number of carbonyl (C=O) groups is 1. The van der Waals surface area contributed by atoms with E-state index < -0.39 is 11.9 Å². The molecule has 12 heteroatoms. The molecule has 3 aromatic rings. The lowest BCUT2D eigenvalue weighted by Gasteiger charge is -2.41. The number of aromatic nitrogens is 3. The number of anilines is 1. The first-order chi connectivity index (χ1) is 19.6. The van der Waals surface area contributed by atoms with E-state index >= 15 is 0 Å². The number of piperazine rings is 1. The van der Waals surface area contributed by atoms with Gasteiger partial charge in [0.1, 0.15) is 5.69 Å². The molecule has 2 saturated heterocycles.